The number of benzene rings is 1. The standard InChI is InChI=1S/C16H26N2O/c1-4-13-12-18(14(5-2)11-17-13)15-9-7-8-10-16(15)19-6-3/h7-10,13-14,17H,4-6,11-12H2,1-3H3. The predicted molar refractivity (Wildman–Crippen MR) is 81.1 cm³/mol. The molecule has 0 aliphatic carbocycles. The minimum Gasteiger partial charge on any atom is -0.492 e. The molecule has 0 amide bonds. The van der Waals surface area contributed by atoms with E-state index >= 15 is 0 Å². The van der Waals surface area contributed by atoms with Gasteiger partial charge in [0.05, 0.1) is 12.3 Å². The first-order valence-electron chi connectivity index (χ1n) is 7.51. The number of para-hydroxylation sites is 2. The van der Waals surface area contributed by atoms with E-state index in [1.54, 1.807) is 0 Å². The van der Waals surface area contributed by atoms with Crippen molar-refractivity contribution in [3.8, 4) is 5.75 Å². The van der Waals surface area contributed by atoms with E-state index in [1.807, 2.05) is 6.92 Å². The van der Waals surface area contributed by atoms with E-state index in [4.69, 9.17) is 4.74 Å². The number of hydrogen-bond donors (Lipinski definition) is 1. The van der Waals surface area contributed by atoms with Crippen LogP contribution in [0.2, 0.25) is 0 Å². The Morgan fingerprint density at radius 3 is 2.68 bits per heavy atom. The topological polar surface area (TPSA) is 24.5 Å². The Hall–Kier alpha value is -1.22. The van der Waals surface area contributed by atoms with Crippen molar-refractivity contribution >= 4 is 5.69 Å². The Labute approximate surface area is 116 Å². The van der Waals surface area contributed by atoms with Gasteiger partial charge in [0.15, 0.2) is 0 Å². The second kappa shape index (κ2) is 6.80. The molecule has 106 valence electrons. The highest BCUT2D eigenvalue weighted by atomic mass is 16.5. The molecule has 1 aliphatic rings. The Bertz CT molecular complexity index is 394. The third-order valence-corrected chi connectivity index (χ3v) is 3.94. The summed E-state index contributed by atoms with van der Waals surface area (Å²) < 4.78 is 5.79. The van der Waals surface area contributed by atoms with Gasteiger partial charge in [-0.3, -0.25) is 0 Å². The van der Waals surface area contributed by atoms with Gasteiger partial charge in [-0.15, -0.1) is 0 Å². The largest absolute Gasteiger partial charge is 0.492 e. The van der Waals surface area contributed by atoms with Crippen LogP contribution in [0, 0.1) is 0 Å². The molecule has 0 bridgehead atoms. The van der Waals surface area contributed by atoms with Crippen LogP contribution in [-0.2, 0) is 0 Å². The van der Waals surface area contributed by atoms with Gasteiger partial charge < -0.3 is 15.0 Å². The van der Waals surface area contributed by atoms with Crippen LogP contribution in [0.25, 0.3) is 0 Å². The van der Waals surface area contributed by atoms with Crippen LogP contribution in [0.3, 0.4) is 0 Å². The molecule has 1 N–H and O–H groups in total. The van der Waals surface area contributed by atoms with Crippen LogP contribution in [0.1, 0.15) is 33.6 Å². The minimum atomic E-state index is 0.560. The highest BCUT2D eigenvalue weighted by Gasteiger charge is 2.27. The maximum Gasteiger partial charge on any atom is 0.142 e. The van der Waals surface area contributed by atoms with Crippen molar-refractivity contribution in [3.05, 3.63) is 24.3 Å². The van der Waals surface area contributed by atoms with E-state index < -0.39 is 0 Å². The average Bonchev–Trinajstić information content (AvgIpc) is 2.47. The highest BCUT2D eigenvalue weighted by Crippen LogP contribution is 2.31. The molecule has 3 nitrogen and oxygen atoms in total. The van der Waals surface area contributed by atoms with Crippen molar-refractivity contribution in [1.82, 2.24) is 5.32 Å². The smallest absolute Gasteiger partial charge is 0.142 e. The van der Waals surface area contributed by atoms with E-state index in [2.05, 4.69) is 48.3 Å². The molecular formula is C16H26N2O. The van der Waals surface area contributed by atoms with Gasteiger partial charge in [-0.05, 0) is 31.9 Å². The normalized spacial score (nSPS) is 23.4. The van der Waals surface area contributed by atoms with Gasteiger partial charge in [0.25, 0.3) is 0 Å². The number of nitrogens with zero attached hydrogens (tertiary/aromatic N) is 1. The molecule has 0 radical (unpaired) electrons. The molecule has 1 aliphatic heterocycles. The molecule has 2 atom stereocenters. The first kappa shape index (κ1) is 14.2. The van der Waals surface area contributed by atoms with E-state index in [0.29, 0.717) is 12.1 Å². The summed E-state index contributed by atoms with van der Waals surface area (Å²) >= 11 is 0. The molecular weight excluding hydrogens is 236 g/mol. The summed E-state index contributed by atoms with van der Waals surface area (Å²) in [5, 5.41) is 3.64. The molecule has 3 heteroatoms. The van der Waals surface area contributed by atoms with Crippen molar-refractivity contribution in [2.45, 2.75) is 45.7 Å². The monoisotopic (exact) mass is 262 g/mol. The summed E-state index contributed by atoms with van der Waals surface area (Å²) in [6.45, 7) is 9.40. The van der Waals surface area contributed by atoms with Gasteiger partial charge >= 0.3 is 0 Å². The van der Waals surface area contributed by atoms with Crippen LogP contribution in [-0.4, -0.2) is 31.8 Å². The lowest BCUT2D eigenvalue weighted by Gasteiger charge is -2.42. The minimum absolute atomic E-state index is 0.560. The van der Waals surface area contributed by atoms with Crippen LogP contribution in [0.15, 0.2) is 24.3 Å². The van der Waals surface area contributed by atoms with Gasteiger partial charge in [0.2, 0.25) is 0 Å². The van der Waals surface area contributed by atoms with Crippen molar-refractivity contribution in [1.29, 1.82) is 0 Å². The Kier molecular flexibility index (Phi) is 5.08. The van der Waals surface area contributed by atoms with E-state index in [0.717, 1.165) is 31.9 Å². The summed E-state index contributed by atoms with van der Waals surface area (Å²) in [6, 6.07) is 9.56. The zero-order valence-corrected chi connectivity index (χ0v) is 12.4. The molecule has 0 saturated carbocycles. The third-order valence-electron chi connectivity index (χ3n) is 3.94. The van der Waals surface area contributed by atoms with Crippen molar-refractivity contribution in [2.75, 3.05) is 24.6 Å². The summed E-state index contributed by atoms with van der Waals surface area (Å²) in [5.41, 5.74) is 1.25. The predicted octanol–water partition coefficient (Wildman–Crippen LogP) is 3.05. The number of hydrogen-bond acceptors (Lipinski definition) is 3. The lowest BCUT2D eigenvalue weighted by molar-refractivity contribution is 0.332. The fraction of sp³-hybridized carbons (Fsp3) is 0.625. The van der Waals surface area contributed by atoms with Crippen molar-refractivity contribution in [2.24, 2.45) is 0 Å². The lowest BCUT2D eigenvalue weighted by Crippen LogP contribution is -2.56. The quantitative estimate of drug-likeness (QED) is 0.882. The van der Waals surface area contributed by atoms with Gasteiger partial charge in [0, 0.05) is 25.2 Å². The summed E-state index contributed by atoms with van der Waals surface area (Å²) in [5.74, 6) is 1.01. The molecule has 1 aromatic carbocycles. The maximum absolute atomic E-state index is 5.79. The molecule has 2 rings (SSSR count). The second-order valence-corrected chi connectivity index (χ2v) is 5.13. The molecule has 1 fully saturated rings. The van der Waals surface area contributed by atoms with E-state index in [9.17, 15) is 0 Å². The van der Waals surface area contributed by atoms with Gasteiger partial charge in [-0.1, -0.05) is 26.0 Å². The number of rotatable bonds is 5. The SMILES string of the molecule is CCOc1ccccc1N1CC(CC)NCC1CC. The highest BCUT2D eigenvalue weighted by molar-refractivity contribution is 5.59. The van der Waals surface area contributed by atoms with Crippen LogP contribution in [0.5, 0.6) is 5.75 Å². The fourth-order valence-corrected chi connectivity index (χ4v) is 2.77. The first-order chi connectivity index (χ1) is 9.30. The lowest BCUT2D eigenvalue weighted by atomic mass is 10.0. The Morgan fingerprint density at radius 1 is 1.21 bits per heavy atom. The Morgan fingerprint density at radius 2 is 2.00 bits per heavy atom. The zero-order chi connectivity index (χ0) is 13.7. The van der Waals surface area contributed by atoms with Crippen LogP contribution < -0.4 is 15.0 Å². The average molecular weight is 262 g/mol. The van der Waals surface area contributed by atoms with Crippen LogP contribution >= 0.6 is 0 Å². The molecule has 19 heavy (non-hydrogen) atoms. The fourth-order valence-electron chi connectivity index (χ4n) is 2.77. The Balaban J connectivity index is 2.25. The van der Waals surface area contributed by atoms with Gasteiger partial charge in [-0.2, -0.15) is 0 Å². The van der Waals surface area contributed by atoms with Crippen LogP contribution in [0.4, 0.5) is 5.69 Å². The molecule has 1 heterocycles. The van der Waals surface area contributed by atoms with E-state index in [1.165, 1.54) is 12.1 Å². The second-order valence-electron chi connectivity index (χ2n) is 5.13. The summed E-state index contributed by atoms with van der Waals surface area (Å²) in [7, 11) is 0. The summed E-state index contributed by atoms with van der Waals surface area (Å²) in [4.78, 5) is 2.52. The zero-order valence-electron chi connectivity index (χ0n) is 12.4. The molecule has 2 unspecified atom stereocenters. The summed E-state index contributed by atoms with van der Waals surface area (Å²) in [6.07, 6.45) is 2.33. The van der Waals surface area contributed by atoms with Gasteiger partial charge in [-0.25, -0.2) is 0 Å². The van der Waals surface area contributed by atoms with Crippen molar-refractivity contribution in [3.63, 3.8) is 0 Å². The molecule has 1 saturated heterocycles. The molecule has 1 aromatic rings. The first-order valence-corrected chi connectivity index (χ1v) is 7.51. The number of ether oxygens (including phenoxy) is 1. The molecule has 0 spiro atoms. The third kappa shape index (κ3) is 3.21. The van der Waals surface area contributed by atoms with E-state index in [-0.39, 0.29) is 0 Å². The molecule has 0 aromatic heterocycles. The maximum atomic E-state index is 5.79. The number of anilines is 1. The van der Waals surface area contributed by atoms with Gasteiger partial charge in [0.1, 0.15) is 5.75 Å². The number of piperazine rings is 1. The van der Waals surface area contributed by atoms with Crippen molar-refractivity contribution < 1.29 is 4.74 Å². The number of nitrogens with one attached hydrogen (secondary N) is 1.